The van der Waals surface area contributed by atoms with Crippen molar-refractivity contribution in [2.45, 2.75) is 0 Å². The van der Waals surface area contributed by atoms with Gasteiger partial charge in [0.25, 0.3) is 0 Å². The molecule has 0 unspecified atom stereocenters. The normalized spacial score (nSPS) is 11.8. The standard InChI is InChI=1S/C50H31NS2/c1-2-14-37(15-3-1)51(38-25-23-33(24-26-38)35-22-21-32-11-4-5-12-34(32)29-35)39-27-28-46-44(31-39)49-43(30-36-13-6-7-16-40(36)50(49)53-46)41-18-10-20-47-48(41)42-17-8-9-19-45(42)52-47/h1-31H. The molecule has 0 aliphatic rings. The number of hydrogen-bond donors (Lipinski definition) is 0. The second kappa shape index (κ2) is 12.2. The molecule has 11 aromatic rings. The number of fused-ring (bicyclic) bond motifs is 9. The van der Waals surface area contributed by atoms with Gasteiger partial charge in [0.1, 0.15) is 0 Å². The first-order valence-corrected chi connectivity index (χ1v) is 19.6. The number of para-hydroxylation sites is 1. The van der Waals surface area contributed by atoms with Crippen LogP contribution in [0.15, 0.2) is 188 Å². The number of thiophene rings is 2. The average Bonchev–Trinajstić information content (AvgIpc) is 3.80. The molecule has 0 atom stereocenters. The number of rotatable bonds is 5. The Labute approximate surface area is 315 Å². The third kappa shape index (κ3) is 4.97. The first-order valence-electron chi connectivity index (χ1n) is 18.0. The van der Waals surface area contributed by atoms with Crippen molar-refractivity contribution in [2.75, 3.05) is 4.90 Å². The van der Waals surface area contributed by atoms with Crippen LogP contribution in [0.1, 0.15) is 0 Å². The molecule has 0 aliphatic heterocycles. The molecule has 2 aromatic heterocycles. The summed E-state index contributed by atoms with van der Waals surface area (Å²) in [6, 6.07) is 69.1. The van der Waals surface area contributed by atoms with E-state index in [1.807, 2.05) is 22.7 Å². The highest BCUT2D eigenvalue weighted by atomic mass is 32.1. The minimum Gasteiger partial charge on any atom is -0.310 e. The second-order valence-corrected chi connectivity index (χ2v) is 15.8. The Bertz CT molecular complexity index is 3170. The minimum atomic E-state index is 1.12. The van der Waals surface area contributed by atoms with Gasteiger partial charge < -0.3 is 4.90 Å². The Morgan fingerprint density at radius 3 is 1.85 bits per heavy atom. The molecule has 0 amide bonds. The lowest BCUT2D eigenvalue weighted by Gasteiger charge is -2.26. The molecule has 1 nitrogen and oxygen atoms in total. The van der Waals surface area contributed by atoms with Crippen LogP contribution in [0.25, 0.3) is 84.1 Å². The molecule has 9 aromatic carbocycles. The number of benzene rings is 9. The molecule has 0 bridgehead atoms. The molecule has 0 aliphatic carbocycles. The smallest absolute Gasteiger partial charge is 0.0468 e. The lowest BCUT2D eigenvalue weighted by atomic mass is 9.92. The van der Waals surface area contributed by atoms with Gasteiger partial charge in [0.05, 0.1) is 0 Å². The van der Waals surface area contributed by atoms with E-state index in [-0.39, 0.29) is 0 Å². The van der Waals surface area contributed by atoms with Gasteiger partial charge in [0, 0.05) is 57.4 Å². The fraction of sp³-hybridized carbons (Fsp3) is 0. The molecule has 248 valence electrons. The summed E-state index contributed by atoms with van der Waals surface area (Å²) in [5, 5.41) is 10.4. The molecule has 0 radical (unpaired) electrons. The Morgan fingerprint density at radius 1 is 0.321 bits per heavy atom. The maximum absolute atomic E-state index is 2.43. The van der Waals surface area contributed by atoms with Gasteiger partial charge in [0.15, 0.2) is 0 Å². The van der Waals surface area contributed by atoms with Gasteiger partial charge in [-0.2, -0.15) is 0 Å². The number of anilines is 3. The Morgan fingerprint density at radius 2 is 0.981 bits per heavy atom. The SMILES string of the molecule is c1ccc(N(c2ccc(-c3ccc4ccccc4c3)cc2)c2ccc3sc4c5ccccc5cc(-c5cccc6sc7ccccc7c56)c4c3c2)cc1. The van der Waals surface area contributed by atoms with Crippen molar-refractivity contribution >= 4 is 102 Å². The van der Waals surface area contributed by atoms with Gasteiger partial charge in [-0.1, -0.05) is 121 Å². The van der Waals surface area contributed by atoms with Crippen molar-refractivity contribution in [2.24, 2.45) is 0 Å². The summed E-state index contributed by atoms with van der Waals surface area (Å²) >= 11 is 3.79. The van der Waals surface area contributed by atoms with E-state index in [0.717, 1.165) is 17.1 Å². The van der Waals surface area contributed by atoms with E-state index in [2.05, 4.69) is 193 Å². The van der Waals surface area contributed by atoms with E-state index < -0.39 is 0 Å². The highest BCUT2D eigenvalue weighted by Crippen LogP contribution is 2.49. The summed E-state index contributed by atoms with van der Waals surface area (Å²) in [5.74, 6) is 0. The van der Waals surface area contributed by atoms with Crippen LogP contribution in [-0.2, 0) is 0 Å². The third-order valence-electron chi connectivity index (χ3n) is 10.6. The van der Waals surface area contributed by atoms with Gasteiger partial charge in [-0.3, -0.25) is 0 Å². The highest BCUT2D eigenvalue weighted by Gasteiger charge is 2.20. The quantitative estimate of drug-likeness (QED) is 0.172. The van der Waals surface area contributed by atoms with E-state index >= 15 is 0 Å². The van der Waals surface area contributed by atoms with Crippen LogP contribution >= 0.6 is 22.7 Å². The molecule has 0 N–H and O–H groups in total. The summed E-state index contributed by atoms with van der Waals surface area (Å²) < 4.78 is 5.29. The molecule has 3 heteroatoms. The third-order valence-corrected chi connectivity index (χ3v) is 13.0. The Balaban J connectivity index is 1.12. The minimum absolute atomic E-state index is 1.12. The maximum Gasteiger partial charge on any atom is 0.0468 e. The molecule has 0 fully saturated rings. The Hall–Kier alpha value is -6.26. The lowest BCUT2D eigenvalue weighted by Crippen LogP contribution is -2.09. The lowest BCUT2D eigenvalue weighted by molar-refractivity contribution is 1.29. The summed E-state index contributed by atoms with van der Waals surface area (Å²) in [6.07, 6.45) is 0. The van der Waals surface area contributed by atoms with E-state index in [9.17, 15) is 0 Å². The molecule has 0 spiro atoms. The predicted octanol–water partition coefficient (Wildman–Crippen LogP) is 15.5. The average molecular weight is 710 g/mol. The fourth-order valence-corrected chi connectivity index (χ4v) is 10.5. The van der Waals surface area contributed by atoms with Crippen LogP contribution in [0.4, 0.5) is 17.1 Å². The van der Waals surface area contributed by atoms with Crippen molar-refractivity contribution < 1.29 is 0 Å². The van der Waals surface area contributed by atoms with Gasteiger partial charge in [-0.25, -0.2) is 0 Å². The van der Waals surface area contributed by atoms with Gasteiger partial charge >= 0.3 is 0 Å². The van der Waals surface area contributed by atoms with Crippen LogP contribution in [-0.4, -0.2) is 0 Å². The molecular formula is C50H31NS2. The van der Waals surface area contributed by atoms with Crippen LogP contribution in [0.5, 0.6) is 0 Å². The zero-order chi connectivity index (χ0) is 34.9. The van der Waals surface area contributed by atoms with E-state index in [1.165, 1.54) is 84.1 Å². The van der Waals surface area contributed by atoms with Crippen molar-refractivity contribution in [3.8, 4) is 22.3 Å². The maximum atomic E-state index is 2.43. The zero-order valence-corrected chi connectivity index (χ0v) is 30.3. The first-order chi connectivity index (χ1) is 26.3. The highest BCUT2D eigenvalue weighted by molar-refractivity contribution is 7.27. The van der Waals surface area contributed by atoms with Gasteiger partial charge in [0.2, 0.25) is 0 Å². The summed E-state index contributed by atoms with van der Waals surface area (Å²) in [4.78, 5) is 2.39. The molecule has 11 rings (SSSR count). The van der Waals surface area contributed by atoms with E-state index in [4.69, 9.17) is 0 Å². The molecule has 0 saturated carbocycles. The van der Waals surface area contributed by atoms with E-state index in [1.54, 1.807) is 0 Å². The second-order valence-electron chi connectivity index (χ2n) is 13.7. The largest absolute Gasteiger partial charge is 0.310 e. The van der Waals surface area contributed by atoms with Gasteiger partial charge in [-0.05, 0) is 111 Å². The zero-order valence-electron chi connectivity index (χ0n) is 28.7. The first kappa shape index (κ1) is 30.4. The van der Waals surface area contributed by atoms with Crippen LogP contribution in [0.2, 0.25) is 0 Å². The predicted molar refractivity (Wildman–Crippen MR) is 233 cm³/mol. The van der Waals surface area contributed by atoms with Crippen molar-refractivity contribution in [1.82, 2.24) is 0 Å². The van der Waals surface area contributed by atoms with Crippen LogP contribution in [0, 0.1) is 0 Å². The number of hydrogen-bond acceptors (Lipinski definition) is 3. The van der Waals surface area contributed by atoms with Crippen LogP contribution in [0.3, 0.4) is 0 Å². The van der Waals surface area contributed by atoms with Crippen molar-refractivity contribution in [3.63, 3.8) is 0 Å². The van der Waals surface area contributed by atoms with Gasteiger partial charge in [-0.15, -0.1) is 22.7 Å². The molecule has 53 heavy (non-hydrogen) atoms. The summed E-state index contributed by atoms with van der Waals surface area (Å²) in [5.41, 5.74) is 8.41. The van der Waals surface area contributed by atoms with E-state index in [0.29, 0.717) is 0 Å². The molecular weight excluding hydrogens is 679 g/mol. The fourth-order valence-electron chi connectivity index (χ4n) is 8.15. The summed E-state index contributed by atoms with van der Waals surface area (Å²) in [6.45, 7) is 0. The molecule has 0 saturated heterocycles. The van der Waals surface area contributed by atoms with Crippen LogP contribution < -0.4 is 4.90 Å². The van der Waals surface area contributed by atoms with Crippen molar-refractivity contribution in [3.05, 3.63) is 188 Å². The van der Waals surface area contributed by atoms with Crippen molar-refractivity contribution in [1.29, 1.82) is 0 Å². The molecule has 2 heterocycles. The number of nitrogens with zero attached hydrogens (tertiary/aromatic N) is 1. The topological polar surface area (TPSA) is 3.24 Å². The summed E-state index contributed by atoms with van der Waals surface area (Å²) in [7, 11) is 0. The monoisotopic (exact) mass is 709 g/mol. The Kier molecular flexibility index (Phi) is 6.97.